The van der Waals surface area contributed by atoms with Crippen LogP contribution in [0.25, 0.3) is 0 Å². The molecule has 0 aromatic heterocycles. The van der Waals surface area contributed by atoms with Gasteiger partial charge in [0.15, 0.2) is 0 Å². The van der Waals surface area contributed by atoms with E-state index in [-0.39, 0.29) is 0 Å². The molecule has 0 aliphatic carbocycles. The fraction of sp³-hybridized carbons (Fsp3) is 0.900. The molecule has 0 aromatic rings. The Morgan fingerprint density at radius 2 is 1.76 bits per heavy atom. The fourth-order valence-corrected chi connectivity index (χ4v) is 4.80. The van der Waals surface area contributed by atoms with Crippen LogP contribution in [0.2, 0.25) is 0 Å². The second kappa shape index (κ2) is 7.40. The first-order valence-corrected chi connectivity index (χ1v) is 12.7. The molecule has 1 atom stereocenters. The second-order valence-electron chi connectivity index (χ2n) is 4.30. The number of ether oxygens (including phenoxy) is 1. The topological polar surface area (TPSA) is 80.7 Å². The van der Waals surface area contributed by atoms with E-state index < -0.39 is 64.0 Å². The van der Waals surface area contributed by atoms with Gasteiger partial charge in [-0.3, -0.25) is 0 Å². The first-order chi connectivity index (χ1) is 9.28. The summed E-state index contributed by atoms with van der Waals surface area (Å²) in [6.45, 7) is 0.655. The molecule has 11 heteroatoms. The Kier molecular flexibility index (Phi) is 7.34. The van der Waals surface area contributed by atoms with Crippen LogP contribution in [0.3, 0.4) is 0 Å². The van der Waals surface area contributed by atoms with Crippen molar-refractivity contribution in [2.45, 2.75) is 34.9 Å². The van der Waals surface area contributed by atoms with E-state index in [0.717, 1.165) is 0 Å². The molecular weight excluding hydrogens is 435 g/mol. The number of esters is 1. The first-order valence-electron chi connectivity index (χ1n) is 5.65. The third-order valence-corrected chi connectivity index (χ3v) is 7.89. The summed E-state index contributed by atoms with van der Waals surface area (Å²) in [7, 11) is -6.26. The van der Waals surface area contributed by atoms with E-state index in [2.05, 4.69) is 4.74 Å². The normalized spacial score (nSPS) is 15.5. The number of carbonyl (C=O) groups excluding carboxylic acids is 1. The van der Waals surface area contributed by atoms with Crippen LogP contribution in [0, 0.1) is 0 Å². The van der Waals surface area contributed by atoms with Crippen LogP contribution in [0.15, 0.2) is 0 Å². The first kappa shape index (κ1) is 20.8. The molecule has 5 nitrogen and oxygen atoms in total. The fourth-order valence-electron chi connectivity index (χ4n) is 1.36. The summed E-state index contributed by atoms with van der Waals surface area (Å²) in [6.07, 6.45) is -1.25. The quantitative estimate of drug-likeness (QED) is 0.201. The zero-order valence-corrected chi connectivity index (χ0v) is 14.6. The van der Waals surface area contributed by atoms with Gasteiger partial charge in [0, 0.05) is 0 Å². The summed E-state index contributed by atoms with van der Waals surface area (Å²) in [5.74, 6) is -5.79. The third-order valence-electron chi connectivity index (χ3n) is 2.55. The number of hydrogen-bond donors (Lipinski definition) is 1. The van der Waals surface area contributed by atoms with Gasteiger partial charge in [-0.15, -0.1) is 0 Å². The molecule has 0 radical (unpaired) electrons. The summed E-state index contributed by atoms with van der Waals surface area (Å²) in [6, 6.07) is 0. The molecule has 0 rings (SSSR count). The SMILES string of the molecule is CCC(C(=O)OCCC(F)(F)C(F)(F)S(=O)(=O)O)I(C)C. The van der Waals surface area contributed by atoms with Gasteiger partial charge in [-0.1, -0.05) is 0 Å². The van der Waals surface area contributed by atoms with Gasteiger partial charge in [-0.25, -0.2) is 0 Å². The van der Waals surface area contributed by atoms with Crippen LogP contribution in [-0.2, 0) is 19.6 Å². The van der Waals surface area contributed by atoms with Gasteiger partial charge >= 0.3 is 127 Å². The zero-order chi connectivity index (χ0) is 17.1. The number of carbonyl (C=O) groups is 1. The van der Waals surface area contributed by atoms with Crippen molar-refractivity contribution >= 4 is 35.9 Å². The Labute approximate surface area is 127 Å². The van der Waals surface area contributed by atoms with Crippen molar-refractivity contribution in [2.24, 2.45) is 0 Å². The van der Waals surface area contributed by atoms with Crippen LogP contribution >= 0.6 is 19.8 Å². The molecule has 1 unspecified atom stereocenters. The maximum absolute atomic E-state index is 13.1. The van der Waals surface area contributed by atoms with Crippen molar-refractivity contribution in [3.8, 4) is 0 Å². The Balaban J connectivity index is 4.70. The predicted molar refractivity (Wildman–Crippen MR) is 77.0 cm³/mol. The van der Waals surface area contributed by atoms with Crippen molar-refractivity contribution in [3.05, 3.63) is 0 Å². The van der Waals surface area contributed by atoms with Crippen molar-refractivity contribution in [1.82, 2.24) is 0 Å². The number of rotatable bonds is 8. The number of halogens is 5. The van der Waals surface area contributed by atoms with Gasteiger partial charge in [-0.05, 0) is 0 Å². The maximum atomic E-state index is 13.1. The van der Waals surface area contributed by atoms with E-state index in [1.165, 1.54) is 0 Å². The molecule has 0 fully saturated rings. The molecule has 0 aliphatic heterocycles. The molecule has 0 amide bonds. The molecule has 0 aromatic carbocycles. The Morgan fingerprint density at radius 3 is 2.10 bits per heavy atom. The van der Waals surface area contributed by atoms with Crippen LogP contribution in [0.4, 0.5) is 17.6 Å². The molecule has 0 aliphatic rings. The zero-order valence-electron chi connectivity index (χ0n) is 11.6. The number of hydrogen-bond acceptors (Lipinski definition) is 4. The molecule has 0 spiro atoms. The average molecular weight is 452 g/mol. The van der Waals surface area contributed by atoms with Crippen LogP contribution in [0.1, 0.15) is 19.8 Å². The third kappa shape index (κ3) is 5.20. The van der Waals surface area contributed by atoms with Crippen molar-refractivity contribution in [1.29, 1.82) is 0 Å². The van der Waals surface area contributed by atoms with Gasteiger partial charge in [0.2, 0.25) is 0 Å². The van der Waals surface area contributed by atoms with E-state index in [0.29, 0.717) is 6.42 Å². The van der Waals surface area contributed by atoms with Gasteiger partial charge in [0.1, 0.15) is 0 Å². The van der Waals surface area contributed by atoms with E-state index in [9.17, 15) is 30.8 Å². The summed E-state index contributed by atoms with van der Waals surface area (Å²) >= 11 is -1.60. The summed E-state index contributed by atoms with van der Waals surface area (Å²) in [5.41, 5.74) is 0. The molecule has 21 heavy (non-hydrogen) atoms. The minimum atomic E-state index is -6.26. The van der Waals surface area contributed by atoms with E-state index in [1.54, 1.807) is 6.92 Å². The number of alkyl halides is 7. The Morgan fingerprint density at radius 1 is 1.29 bits per heavy atom. The monoisotopic (exact) mass is 452 g/mol. The van der Waals surface area contributed by atoms with Gasteiger partial charge in [0.25, 0.3) is 0 Å². The predicted octanol–water partition coefficient (Wildman–Crippen LogP) is 2.58. The molecule has 0 saturated heterocycles. The second-order valence-corrected chi connectivity index (χ2v) is 11.9. The van der Waals surface area contributed by atoms with Crippen LogP contribution in [-0.4, -0.2) is 50.5 Å². The molecule has 1 N–H and O–H groups in total. The van der Waals surface area contributed by atoms with Gasteiger partial charge < -0.3 is 0 Å². The molecule has 0 bridgehead atoms. The van der Waals surface area contributed by atoms with E-state index in [1.807, 2.05) is 9.86 Å². The molecule has 128 valence electrons. The minimum absolute atomic E-state index is 0.412. The van der Waals surface area contributed by atoms with E-state index in [4.69, 9.17) is 4.55 Å². The Hall–Kier alpha value is -0.170. The van der Waals surface area contributed by atoms with Crippen LogP contribution in [0.5, 0.6) is 0 Å². The summed E-state index contributed by atoms with van der Waals surface area (Å²) in [4.78, 5) is 15.3. The van der Waals surface area contributed by atoms with Gasteiger partial charge in [0.05, 0.1) is 0 Å². The van der Waals surface area contributed by atoms with Crippen molar-refractivity contribution in [3.63, 3.8) is 0 Å². The Bertz CT molecular complexity index is 466. The standard InChI is InChI=1S/C10H17F4IO5S/c1-4-7(15(2)3)8(16)20-6-5-9(11,12)10(13,14)21(17,18)19/h7H,4-6H2,1-3H3,(H,17,18,19). The van der Waals surface area contributed by atoms with E-state index >= 15 is 0 Å². The summed E-state index contributed by atoms with van der Waals surface area (Å²) in [5, 5.41) is -5.63. The van der Waals surface area contributed by atoms with Crippen molar-refractivity contribution in [2.75, 3.05) is 16.5 Å². The van der Waals surface area contributed by atoms with Crippen LogP contribution < -0.4 is 0 Å². The summed E-state index contributed by atoms with van der Waals surface area (Å²) < 4.78 is 84.7. The van der Waals surface area contributed by atoms with Crippen molar-refractivity contribution < 1.29 is 40.1 Å². The molecule has 0 saturated carbocycles. The average Bonchev–Trinajstić information content (AvgIpc) is 2.27. The molecule has 0 heterocycles. The molecular formula is C10H17F4IO5S. The van der Waals surface area contributed by atoms with Gasteiger partial charge in [-0.2, -0.15) is 0 Å².